The Bertz CT molecular complexity index is 608. The average molecular weight is 381 g/mol. The van der Waals surface area contributed by atoms with Gasteiger partial charge in [0.15, 0.2) is 0 Å². The number of hydrogen-bond acceptors (Lipinski definition) is 5. The molecule has 1 heterocycles. The number of rotatable bonds is 6. The van der Waals surface area contributed by atoms with Crippen molar-refractivity contribution in [3.8, 4) is 0 Å². The average Bonchev–Trinajstić information content (AvgIpc) is 2.79. The highest BCUT2D eigenvalue weighted by Gasteiger charge is 2.25. The Balaban J connectivity index is 2.13. The molecular weight excluding hydrogens is 348 g/mol. The number of carbonyl (C=O) groups is 2. The summed E-state index contributed by atoms with van der Waals surface area (Å²) in [6.07, 6.45) is 5.78. The van der Waals surface area contributed by atoms with Gasteiger partial charge in [-0.05, 0) is 72.2 Å². The number of aryl methyl sites for hydroxylation is 2. The Labute approximate surface area is 161 Å². The highest BCUT2D eigenvalue weighted by molar-refractivity contribution is 7.14. The number of hydrogen-bond donors (Lipinski definition) is 0. The fraction of sp³-hybridized carbons (Fsp3) is 0.700. The second kappa shape index (κ2) is 9.00. The van der Waals surface area contributed by atoms with Crippen LogP contribution in [0.4, 0.5) is 0 Å². The van der Waals surface area contributed by atoms with Crippen LogP contribution in [-0.2, 0) is 22.4 Å². The summed E-state index contributed by atoms with van der Waals surface area (Å²) < 4.78 is 5.42. The molecule has 26 heavy (non-hydrogen) atoms. The Hall–Kier alpha value is -1.40. The topological polar surface area (TPSA) is 49.9 Å². The summed E-state index contributed by atoms with van der Waals surface area (Å²) in [4.78, 5) is 31.1. The maximum atomic E-state index is 13.1. The maximum Gasteiger partial charge on any atom is 0.326 e. The minimum atomic E-state index is -0.548. The van der Waals surface area contributed by atoms with E-state index in [4.69, 9.17) is 4.74 Å². The minimum Gasteiger partial charge on any atom is -0.459 e. The van der Waals surface area contributed by atoms with Gasteiger partial charge in [-0.2, -0.15) is 0 Å². The standard InChI is InChI=1S/C20H32N2O3S/c1-20(2,3)25-18(23)14-22(12-11-21(4)5)19(24)17-13-15-9-7-6-8-10-16(15)26-17/h13H,6-12,14H2,1-5H3. The third-order valence-corrected chi connectivity index (χ3v) is 5.53. The molecule has 0 spiro atoms. The van der Waals surface area contributed by atoms with Crippen molar-refractivity contribution in [2.75, 3.05) is 33.7 Å². The molecule has 0 atom stereocenters. The minimum absolute atomic E-state index is 0.00743. The van der Waals surface area contributed by atoms with Crippen LogP contribution in [0.2, 0.25) is 0 Å². The smallest absolute Gasteiger partial charge is 0.326 e. The van der Waals surface area contributed by atoms with Gasteiger partial charge in [0.1, 0.15) is 12.1 Å². The van der Waals surface area contributed by atoms with Gasteiger partial charge in [-0.3, -0.25) is 9.59 Å². The van der Waals surface area contributed by atoms with Gasteiger partial charge in [0, 0.05) is 18.0 Å². The molecule has 1 aliphatic rings. The summed E-state index contributed by atoms with van der Waals surface area (Å²) in [5, 5.41) is 0. The van der Waals surface area contributed by atoms with Gasteiger partial charge >= 0.3 is 5.97 Å². The van der Waals surface area contributed by atoms with Gasteiger partial charge in [0.05, 0.1) is 4.88 Å². The molecule has 0 unspecified atom stereocenters. The van der Waals surface area contributed by atoms with Crippen molar-refractivity contribution in [1.29, 1.82) is 0 Å². The Kier molecular flexibility index (Phi) is 7.24. The maximum absolute atomic E-state index is 13.1. The van der Waals surface area contributed by atoms with Gasteiger partial charge in [0.2, 0.25) is 0 Å². The molecule has 6 heteroatoms. The van der Waals surface area contributed by atoms with Gasteiger partial charge in [-0.15, -0.1) is 11.3 Å². The quantitative estimate of drug-likeness (QED) is 0.561. The molecule has 1 amide bonds. The fourth-order valence-corrected chi connectivity index (χ4v) is 4.25. The largest absolute Gasteiger partial charge is 0.459 e. The SMILES string of the molecule is CN(C)CCN(CC(=O)OC(C)(C)C)C(=O)c1cc2c(s1)CCCCC2. The first kappa shape index (κ1) is 20.9. The molecule has 0 saturated carbocycles. The zero-order valence-electron chi connectivity index (χ0n) is 16.8. The second-order valence-electron chi connectivity index (χ2n) is 8.24. The van der Waals surface area contributed by atoms with E-state index in [1.165, 1.54) is 29.7 Å². The second-order valence-corrected chi connectivity index (χ2v) is 9.37. The number of likely N-dealkylation sites (N-methyl/N-ethyl adjacent to an activating group) is 1. The lowest BCUT2D eigenvalue weighted by Crippen LogP contribution is -2.41. The molecule has 0 aliphatic heterocycles. The van der Waals surface area contributed by atoms with Crippen molar-refractivity contribution in [3.05, 3.63) is 21.4 Å². The number of ether oxygens (including phenoxy) is 1. The summed E-state index contributed by atoms with van der Waals surface area (Å²) in [5.74, 6) is -0.418. The summed E-state index contributed by atoms with van der Waals surface area (Å²) in [6.45, 7) is 6.73. The Morgan fingerprint density at radius 1 is 1.12 bits per heavy atom. The Morgan fingerprint density at radius 2 is 1.81 bits per heavy atom. The molecule has 0 fully saturated rings. The molecular formula is C20H32N2O3S. The number of fused-ring (bicyclic) bond motifs is 1. The van der Waals surface area contributed by atoms with Gasteiger partial charge < -0.3 is 14.5 Å². The van der Waals surface area contributed by atoms with Crippen LogP contribution in [0, 0.1) is 0 Å². The molecule has 1 aromatic rings. The van der Waals surface area contributed by atoms with E-state index < -0.39 is 5.60 Å². The Morgan fingerprint density at radius 3 is 2.46 bits per heavy atom. The molecule has 0 bridgehead atoms. The van der Waals surface area contributed by atoms with E-state index >= 15 is 0 Å². The summed E-state index contributed by atoms with van der Waals surface area (Å²) in [7, 11) is 3.92. The van der Waals surface area contributed by atoms with Crippen molar-refractivity contribution in [2.45, 2.75) is 58.5 Å². The van der Waals surface area contributed by atoms with E-state index in [0.29, 0.717) is 13.1 Å². The molecule has 0 saturated heterocycles. The molecule has 5 nitrogen and oxygen atoms in total. The van der Waals surface area contributed by atoms with Gasteiger partial charge in [-0.1, -0.05) is 6.42 Å². The summed E-state index contributed by atoms with van der Waals surface area (Å²) >= 11 is 1.60. The molecule has 0 aromatic carbocycles. The van der Waals surface area contributed by atoms with Crippen molar-refractivity contribution >= 4 is 23.2 Å². The lowest BCUT2D eigenvalue weighted by Gasteiger charge is -2.26. The van der Waals surface area contributed by atoms with Crippen LogP contribution in [0.5, 0.6) is 0 Å². The third-order valence-electron chi connectivity index (χ3n) is 4.30. The van der Waals surface area contributed by atoms with Crippen LogP contribution in [0.15, 0.2) is 6.07 Å². The van der Waals surface area contributed by atoms with Crippen LogP contribution in [0.25, 0.3) is 0 Å². The first-order valence-corrected chi connectivity index (χ1v) is 10.2. The molecule has 1 aliphatic carbocycles. The van der Waals surface area contributed by atoms with E-state index in [0.717, 1.165) is 17.7 Å². The van der Waals surface area contributed by atoms with E-state index in [9.17, 15) is 9.59 Å². The molecule has 146 valence electrons. The fourth-order valence-electron chi connectivity index (χ4n) is 3.03. The summed E-state index contributed by atoms with van der Waals surface area (Å²) in [5.41, 5.74) is 0.772. The summed E-state index contributed by atoms with van der Waals surface area (Å²) in [6, 6.07) is 2.05. The lowest BCUT2D eigenvalue weighted by molar-refractivity contribution is -0.155. The molecule has 0 N–H and O–H groups in total. The molecule has 1 aromatic heterocycles. The molecule has 2 rings (SSSR count). The predicted octanol–water partition coefficient (Wildman–Crippen LogP) is 3.36. The molecule has 0 radical (unpaired) electrons. The number of amides is 1. The third kappa shape index (κ3) is 6.40. The highest BCUT2D eigenvalue weighted by atomic mass is 32.1. The van der Waals surface area contributed by atoms with Crippen molar-refractivity contribution < 1.29 is 14.3 Å². The van der Waals surface area contributed by atoms with Gasteiger partial charge in [-0.25, -0.2) is 0 Å². The van der Waals surface area contributed by atoms with Crippen LogP contribution >= 0.6 is 11.3 Å². The predicted molar refractivity (Wildman–Crippen MR) is 106 cm³/mol. The zero-order valence-corrected chi connectivity index (χ0v) is 17.6. The van der Waals surface area contributed by atoms with Crippen molar-refractivity contribution in [3.63, 3.8) is 0 Å². The number of carbonyl (C=O) groups excluding carboxylic acids is 2. The first-order valence-electron chi connectivity index (χ1n) is 9.43. The number of esters is 1. The normalized spacial score (nSPS) is 14.7. The van der Waals surface area contributed by atoms with Crippen LogP contribution in [0.1, 0.15) is 60.1 Å². The number of thiophene rings is 1. The number of nitrogens with zero attached hydrogens (tertiary/aromatic N) is 2. The first-order chi connectivity index (χ1) is 12.2. The van der Waals surface area contributed by atoms with Crippen molar-refractivity contribution in [2.24, 2.45) is 0 Å². The van der Waals surface area contributed by atoms with Crippen molar-refractivity contribution in [1.82, 2.24) is 9.80 Å². The monoisotopic (exact) mass is 380 g/mol. The van der Waals surface area contributed by atoms with E-state index in [2.05, 4.69) is 0 Å². The van der Waals surface area contributed by atoms with Crippen LogP contribution < -0.4 is 0 Å². The van der Waals surface area contributed by atoms with Crippen LogP contribution in [0.3, 0.4) is 0 Å². The zero-order chi connectivity index (χ0) is 19.3. The van der Waals surface area contributed by atoms with E-state index in [1.807, 2.05) is 45.8 Å². The van der Waals surface area contributed by atoms with Crippen LogP contribution in [-0.4, -0.2) is 61.0 Å². The van der Waals surface area contributed by atoms with E-state index in [1.54, 1.807) is 16.2 Å². The highest BCUT2D eigenvalue weighted by Crippen LogP contribution is 2.29. The van der Waals surface area contributed by atoms with Gasteiger partial charge in [0.25, 0.3) is 5.91 Å². The van der Waals surface area contributed by atoms with E-state index in [-0.39, 0.29) is 18.4 Å². The lowest BCUT2D eigenvalue weighted by atomic mass is 10.1.